The predicted octanol–water partition coefficient (Wildman–Crippen LogP) is 2.85. The molecule has 74 valence electrons. The van der Waals surface area contributed by atoms with E-state index in [-0.39, 0.29) is 10.8 Å². The molecule has 6 heteroatoms. The van der Waals surface area contributed by atoms with E-state index in [1.54, 1.807) is 13.0 Å². The first-order chi connectivity index (χ1) is 6.51. The van der Waals surface area contributed by atoms with Crippen LogP contribution in [0.3, 0.4) is 0 Å². The van der Waals surface area contributed by atoms with Crippen molar-refractivity contribution in [3.63, 3.8) is 0 Å². The van der Waals surface area contributed by atoms with Gasteiger partial charge in [-0.3, -0.25) is 0 Å². The number of rotatable bonds is 2. The maximum absolute atomic E-state index is 8.64. The van der Waals surface area contributed by atoms with Crippen molar-refractivity contribution < 1.29 is 0 Å². The van der Waals surface area contributed by atoms with Crippen LogP contribution in [0.15, 0.2) is 6.07 Å². The summed E-state index contributed by atoms with van der Waals surface area (Å²) in [4.78, 5) is -0.682. The zero-order valence-electron chi connectivity index (χ0n) is 7.26. The quantitative estimate of drug-likeness (QED) is 0.788. The van der Waals surface area contributed by atoms with Crippen molar-refractivity contribution in [2.24, 2.45) is 0 Å². The molecule has 0 spiro atoms. The van der Waals surface area contributed by atoms with E-state index >= 15 is 0 Å². The maximum Gasteiger partial charge on any atom is 0.163 e. The molecular formula is C8H6BrCl2N3. The molecule has 1 rings (SSSR count). The van der Waals surface area contributed by atoms with Crippen molar-refractivity contribution in [3.05, 3.63) is 22.5 Å². The molecule has 0 aliphatic heterocycles. The van der Waals surface area contributed by atoms with Crippen LogP contribution in [-0.2, 0) is 4.87 Å². The van der Waals surface area contributed by atoms with Crippen LogP contribution in [0, 0.1) is 11.3 Å². The zero-order valence-corrected chi connectivity index (χ0v) is 10.4. The first-order valence-corrected chi connectivity index (χ1v) is 5.57. The first kappa shape index (κ1) is 11.7. The molecule has 1 atom stereocenters. The fourth-order valence-electron chi connectivity index (χ4n) is 0.869. The Morgan fingerprint density at radius 2 is 2.29 bits per heavy atom. The molecule has 0 bridgehead atoms. The van der Waals surface area contributed by atoms with Crippen LogP contribution in [0.1, 0.15) is 18.2 Å². The van der Waals surface area contributed by atoms with E-state index in [0.29, 0.717) is 10.9 Å². The summed E-state index contributed by atoms with van der Waals surface area (Å²) in [7, 11) is 0. The Morgan fingerprint density at radius 1 is 1.64 bits per heavy atom. The number of halogens is 3. The van der Waals surface area contributed by atoms with E-state index in [2.05, 4.69) is 26.1 Å². The second-order valence-electron chi connectivity index (χ2n) is 2.88. The van der Waals surface area contributed by atoms with Gasteiger partial charge in [-0.2, -0.15) is 5.26 Å². The molecule has 0 N–H and O–H groups in total. The second kappa shape index (κ2) is 4.43. The molecule has 0 fully saturated rings. The third kappa shape index (κ3) is 2.35. The van der Waals surface area contributed by atoms with Gasteiger partial charge in [0, 0.05) is 10.9 Å². The van der Waals surface area contributed by atoms with Crippen molar-refractivity contribution in [2.75, 3.05) is 5.33 Å². The molecule has 0 aromatic carbocycles. The lowest BCUT2D eigenvalue weighted by molar-refractivity contribution is 0.768. The minimum absolute atomic E-state index is 0.206. The van der Waals surface area contributed by atoms with Crippen molar-refractivity contribution in [2.45, 2.75) is 11.8 Å². The lowest BCUT2D eigenvalue weighted by Crippen LogP contribution is -2.17. The number of nitriles is 1. The summed E-state index contributed by atoms with van der Waals surface area (Å²) in [5.41, 5.74) is 0.807. The molecule has 0 saturated carbocycles. The summed E-state index contributed by atoms with van der Waals surface area (Å²) in [6.07, 6.45) is 0. The average Bonchev–Trinajstić information content (AvgIpc) is 2.18. The SMILES string of the molecule is CC(Cl)(CBr)c1cc(C#N)nnc1Cl. The van der Waals surface area contributed by atoms with Gasteiger partial charge in [-0.1, -0.05) is 27.5 Å². The highest BCUT2D eigenvalue weighted by Crippen LogP contribution is 2.34. The van der Waals surface area contributed by atoms with E-state index in [9.17, 15) is 0 Å². The maximum atomic E-state index is 8.64. The monoisotopic (exact) mass is 293 g/mol. The Labute approximate surface area is 100 Å². The standard InChI is InChI=1S/C8H6BrCl2N3/c1-8(11,4-9)6-2-5(3-12)13-14-7(6)10/h2H,4H2,1H3. The molecule has 14 heavy (non-hydrogen) atoms. The Balaban J connectivity index is 3.27. The van der Waals surface area contributed by atoms with Crippen LogP contribution < -0.4 is 0 Å². The van der Waals surface area contributed by atoms with Gasteiger partial charge < -0.3 is 0 Å². The van der Waals surface area contributed by atoms with Crippen LogP contribution in [0.25, 0.3) is 0 Å². The summed E-state index contributed by atoms with van der Waals surface area (Å²) < 4.78 is 0. The first-order valence-electron chi connectivity index (χ1n) is 3.70. The van der Waals surface area contributed by atoms with E-state index in [1.807, 2.05) is 6.07 Å². The molecule has 0 aliphatic rings. The van der Waals surface area contributed by atoms with Crippen LogP contribution in [0.2, 0.25) is 5.15 Å². The Hall–Kier alpha value is -0.370. The lowest BCUT2D eigenvalue weighted by atomic mass is 10.0. The Bertz CT molecular complexity index is 387. The van der Waals surface area contributed by atoms with Gasteiger partial charge in [-0.15, -0.1) is 21.8 Å². The van der Waals surface area contributed by atoms with E-state index in [1.165, 1.54) is 0 Å². The summed E-state index contributed by atoms with van der Waals surface area (Å²) >= 11 is 15.3. The second-order valence-corrected chi connectivity index (χ2v) is 4.63. The fraction of sp³-hybridized carbons (Fsp3) is 0.375. The smallest absolute Gasteiger partial charge is 0.163 e. The van der Waals surface area contributed by atoms with E-state index in [0.717, 1.165) is 0 Å². The molecule has 1 aromatic heterocycles. The highest BCUT2D eigenvalue weighted by atomic mass is 79.9. The van der Waals surface area contributed by atoms with Crippen LogP contribution in [0.5, 0.6) is 0 Å². The van der Waals surface area contributed by atoms with Gasteiger partial charge in [0.05, 0.1) is 4.87 Å². The topological polar surface area (TPSA) is 49.6 Å². The van der Waals surface area contributed by atoms with Crippen LogP contribution >= 0.6 is 39.1 Å². The van der Waals surface area contributed by atoms with Crippen molar-refractivity contribution >= 4 is 39.1 Å². The van der Waals surface area contributed by atoms with Gasteiger partial charge in [0.25, 0.3) is 0 Å². The molecule has 1 unspecified atom stereocenters. The molecule has 1 aromatic rings. The minimum Gasteiger partial charge on any atom is -0.191 e. The van der Waals surface area contributed by atoms with Gasteiger partial charge in [-0.05, 0) is 13.0 Å². The van der Waals surface area contributed by atoms with Crippen LogP contribution in [0.4, 0.5) is 0 Å². The summed E-state index contributed by atoms with van der Waals surface area (Å²) in [6, 6.07) is 3.43. The highest BCUT2D eigenvalue weighted by molar-refractivity contribution is 9.09. The number of alkyl halides is 2. The number of hydrogen-bond acceptors (Lipinski definition) is 3. The number of aromatic nitrogens is 2. The summed E-state index contributed by atoms with van der Waals surface area (Å²) in [6.45, 7) is 1.79. The third-order valence-corrected chi connectivity index (χ3v) is 3.74. The van der Waals surface area contributed by atoms with E-state index in [4.69, 9.17) is 28.5 Å². The average molecular weight is 295 g/mol. The molecular weight excluding hydrogens is 289 g/mol. The van der Waals surface area contributed by atoms with Gasteiger partial charge in [0.1, 0.15) is 6.07 Å². The number of nitrogens with zero attached hydrogens (tertiary/aromatic N) is 3. The Kier molecular flexibility index (Phi) is 3.71. The van der Waals surface area contributed by atoms with Crippen molar-refractivity contribution in [3.8, 4) is 6.07 Å². The van der Waals surface area contributed by atoms with Crippen molar-refractivity contribution in [1.82, 2.24) is 10.2 Å². The lowest BCUT2D eigenvalue weighted by Gasteiger charge is -2.19. The van der Waals surface area contributed by atoms with Gasteiger partial charge in [0.15, 0.2) is 10.8 Å². The fourth-order valence-corrected chi connectivity index (χ4v) is 1.66. The van der Waals surface area contributed by atoms with Crippen LogP contribution in [-0.4, -0.2) is 15.5 Å². The number of hydrogen-bond donors (Lipinski definition) is 0. The molecule has 0 aliphatic carbocycles. The normalized spacial score (nSPS) is 14.5. The minimum atomic E-state index is -0.682. The zero-order chi connectivity index (χ0) is 10.8. The Morgan fingerprint density at radius 3 is 2.79 bits per heavy atom. The van der Waals surface area contributed by atoms with Crippen molar-refractivity contribution in [1.29, 1.82) is 5.26 Å². The largest absolute Gasteiger partial charge is 0.191 e. The highest BCUT2D eigenvalue weighted by Gasteiger charge is 2.26. The molecule has 3 nitrogen and oxygen atoms in total. The molecule has 0 radical (unpaired) electrons. The van der Waals surface area contributed by atoms with Gasteiger partial charge in [0.2, 0.25) is 0 Å². The molecule has 0 saturated heterocycles. The summed E-state index contributed by atoms with van der Waals surface area (Å²) in [5.74, 6) is 0. The summed E-state index contributed by atoms with van der Waals surface area (Å²) in [5, 5.41) is 16.6. The molecule has 1 heterocycles. The van der Waals surface area contributed by atoms with E-state index < -0.39 is 4.87 Å². The van der Waals surface area contributed by atoms with Gasteiger partial charge in [-0.25, -0.2) is 0 Å². The third-order valence-electron chi connectivity index (χ3n) is 1.68. The van der Waals surface area contributed by atoms with Gasteiger partial charge >= 0.3 is 0 Å². The molecule has 0 amide bonds. The predicted molar refractivity (Wildman–Crippen MR) is 58.8 cm³/mol.